The molecule has 0 aliphatic heterocycles. The number of aliphatic hydroxyl groups is 1. The van der Waals surface area contributed by atoms with Crippen molar-refractivity contribution >= 4 is 0 Å². The third kappa shape index (κ3) is 7.46. The highest BCUT2D eigenvalue weighted by Gasteiger charge is 2.40. The lowest BCUT2D eigenvalue weighted by Crippen LogP contribution is -2.39. The van der Waals surface area contributed by atoms with E-state index in [1.54, 1.807) is 0 Å². The first kappa shape index (κ1) is 25.5. The highest BCUT2D eigenvalue weighted by molar-refractivity contribution is 4.90. The van der Waals surface area contributed by atoms with E-state index in [1.165, 1.54) is 96.3 Å². The average Bonchev–Trinajstić information content (AvgIpc) is 2.83. The van der Waals surface area contributed by atoms with Crippen molar-refractivity contribution in [3.8, 4) is 0 Å². The maximum atomic E-state index is 9.11. The normalized spacial score (nSPS) is 39.5. The summed E-state index contributed by atoms with van der Waals surface area (Å²) in [6, 6.07) is 0. The Bertz CT molecular complexity index is 469. The minimum absolute atomic E-state index is 0.371. The van der Waals surface area contributed by atoms with Crippen LogP contribution in [0.2, 0.25) is 0 Å². The van der Waals surface area contributed by atoms with E-state index in [4.69, 9.17) is 9.84 Å². The highest BCUT2D eigenvalue weighted by atomic mass is 16.5. The lowest BCUT2D eigenvalue weighted by molar-refractivity contribution is -0.0459. The maximum Gasteiger partial charge on any atom is 0.0578 e. The molecule has 2 heteroatoms. The van der Waals surface area contributed by atoms with Crippen LogP contribution in [0.15, 0.2) is 0 Å². The fraction of sp³-hybridized carbons (Fsp3) is 1.00. The Morgan fingerprint density at radius 1 is 0.645 bits per heavy atom. The molecule has 182 valence electrons. The van der Waals surface area contributed by atoms with Gasteiger partial charge in [-0.2, -0.15) is 0 Å². The van der Waals surface area contributed by atoms with E-state index in [0.29, 0.717) is 12.7 Å². The first-order valence-corrected chi connectivity index (χ1v) is 14.4. The Balaban J connectivity index is 1.44. The van der Waals surface area contributed by atoms with E-state index < -0.39 is 0 Å². The Kier molecular flexibility index (Phi) is 11.2. The number of hydrogen-bond acceptors (Lipinski definition) is 2. The molecule has 3 fully saturated rings. The van der Waals surface area contributed by atoms with Gasteiger partial charge in [-0.1, -0.05) is 72.1 Å². The SMILES string of the molecule is CCC1CCC(COC2CCC(C3CCC(CCCCO)CC3CC)C(CC)C2)CC1. The molecule has 3 saturated carbocycles. The van der Waals surface area contributed by atoms with E-state index in [9.17, 15) is 0 Å². The van der Waals surface area contributed by atoms with Gasteiger partial charge in [0.1, 0.15) is 0 Å². The lowest BCUT2D eigenvalue weighted by atomic mass is 9.60. The molecule has 1 N–H and O–H groups in total. The van der Waals surface area contributed by atoms with E-state index in [2.05, 4.69) is 20.8 Å². The Labute approximate surface area is 194 Å². The fourth-order valence-corrected chi connectivity index (χ4v) is 7.73. The van der Waals surface area contributed by atoms with Gasteiger partial charge in [0.05, 0.1) is 6.10 Å². The molecule has 0 aromatic carbocycles. The smallest absolute Gasteiger partial charge is 0.0578 e. The molecule has 0 bridgehead atoms. The maximum absolute atomic E-state index is 9.11. The van der Waals surface area contributed by atoms with Crippen LogP contribution < -0.4 is 0 Å². The molecule has 3 aliphatic carbocycles. The molecule has 3 aliphatic rings. The van der Waals surface area contributed by atoms with Gasteiger partial charge in [-0.25, -0.2) is 0 Å². The van der Waals surface area contributed by atoms with Gasteiger partial charge >= 0.3 is 0 Å². The summed E-state index contributed by atoms with van der Waals surface area (Å²) >= 11 is 0. The summed E-state index contributed by atoms with van der Waals surface area (Å²) in [5.41, 5.74) is 0. The zero-order valence-electron chi connectivity index (χ0n) is 21.2. The van der Waals surface area contributed by atoms with Crippen LogP contribution in [0.25, 0.3) is 0 Å². The van der Waals surface area contributed by atoms with Crippen LogP contribution in [0.5, 0.6) is 0 Å². The second-order valence-electron chi connectivity index (χ2n) is 11.6. The van der Waals surface area contributed by atoms with Crippen LogP contribution in [0, 0.1) is 41.4 Å². The Morgan fingerprint density at radius 3 is 1.90 bits per heavy atom. The van der Waals surface area contributed by atoms with Crippen LogP contribution in [0.3, 0.4) is 0 Å². The van der Waals surface area contributed by atoms with E-state index in [0.717, 1.165) is 54.5 Å². The number of hydrogen-bond donors (Lipinski definition) is 1. The first-order valence-electron chi connectivity index (χ1n) is 14.4. The Morgan fingerprint density at radius 2 is 1.26 bits per heavy atom. The summed E-state index contributed by atoms with van der Waals surface area (Å²) in [5.74, 6) is 6.51. The monoisotopic (exact) mass is 434 g/mol. The second-order valence-corrected chi connectivity index (χ2v) is 11.6. The highest BCUT2D eigenvalue weighted by Crippen LogP contribution is 2.48. The molecule has 0 amide bonds. The summed E-state index contributed by atoms with van der Waals surface area (Å²) in [4.78, 5) is 0. The molecule has 2 nitrogen and oxygen atoms in total. The van der Waals surface area contributed by atoms with Crippen molar-refractivity contribution in [3.05, 3.63) is 0 Å². The topological polar surface area (TPSA) is 29.5 Å². The van der Waals surface area contributed by atoms with Gasteiger partial charge in [-0.3, -0.25) is 0 Å². The molecule has 0 aromatic heterocycles. The van der Waals surface area contributed by atoms with Crippen molar-refractivity contribution < 1.29 is 9.84 Å². The molecule has 6 unspecified atom stereocenters. The fourth-order valence-electron chi connectivity index (χ4n) is 7.73. The van der Waals surface area contributed by atoms with E-state index >= 15 is 0 Å². The Hall–Kier alpha value is -0.0800. The van der Waals surface area contributed by atoms with Crippen LogP contribution in [0.4, 0.5) is 0 Å². The molecule has 0 saturated heterocycles. The molecule has 6 atom stereocenters. The zero-order valence-corrected chi connectivity index (χ0v) is 21.2. The van der Waals surface area contributed by atoms with Crippen molar-refractivity contribution in [3.63, 3.8) is 0 Å². The molecule has 31 heavy (non-hydrogen) atoms. The van der Waals surface area contributed by atoms with Crippen LogP contribution in [-0.2, 0) is 4.74 Å². The molecular formula is C29H54O2. The van der Waals surface area contributed by atoms with Gasteiger partial charge in [0, 0.05) is 13.2 Å². The third-order valence-electron chi connectivity index (χ3n) is 9.87. The molecular weight excluding hydrogens is 380 g/mol. The minimum atomic E-state index is 0.371. The summed E-state index contributed by atoms with van der Waals surface area (Å²) in [5, 5.41) is 9.11. The van der Waals surface area contributed by atoms with Crippen molar-refractivity contribution in [2.75, 3.05) is 13.2 Å². The third-order valence-corrected chi connectivity index (χ3v) is 9.87. The number of unbranched alkanes of at least 4 members (excludes halogenated alkanes) is 1. The quantitative estimate of drug-likeness (QED) is 0.334. The van der Waals surface area contributed by atoms with Crippen molar-refractivity contribution in [2.45, 2.75) is 130 Å². The van der Waals surface area contributed by atoms with Gasteiger partial charge < -0.3 is 9.84 Å². The standard InChI is InChI=1S/C29H54O2/c1-4-22-10-12-24(13-11-22)21-31-27-15-17-29(26(6-3)20-27)28-16-14-23(9-7-8-18-30)19-25(28)5-2/h22-30H,4-21H2,1-3H3. The van der Waals surface area contributed by atoms with Crippen LogP contribution in [-0.4, -0.2) is 24.4 Å². The molecule has 0 radical (unpaired) electrons. The number of aliphatic hydroxyl groups excluding tert-OH is 1. The zero-order chi connectivity index (χ0) is 22.1. The molecule has 0 spiro atoms. The van der Waals surface area contributed by atoms with E-state index in [-0.39, 0.29) is 0 Å². The van der Waals surface area contributed by atoms with Crippen molar-refractivity contribution in [1.82, 2.24) is 0 Å². The lowest BCUT2D eigenvalue weighted by Gasteiger charge is -2.46. The molecule has 0 heterocycles. The first-order chi connectivity index (χ1) is 15.2. The summed E-state index contributed by atoms with van der Waals surface area (Å²) in [6.07, 6.45) is 22.3. The van der Waals surface area contributed by atoms with Gasteiger partial charge in [0.15, 0.2) is 0 Å². The van der Waals surface area contributed by atoms with Gasteiger partial charge in [0.25, 0.3) is 0 Å². The minimum Gasteiger partial charge on any atom is -0.396 e. The van der Waals surface area contributed by atoms with Gasteiger partial charge in [-0.05, 0) is 92.8 Å². The molecule has 3 rings (SSSR count). The largest absolute Gasteiger partial charge is 0.396 e. The second kappa shape index (κ2) is 13.6. The number of ether oxygens (including phenoxy) is 1. The summed E-state index contributed by atoms with van der Waals surface area (Å²) in [6.45, 7) is 8.65. The van der Waals surface area contributed by atoms with Crippen molar-refractivity contribution in [1.29, 1.82) is 0 Å². The summed E-state index contributed by atoms with van der Waals surface area (Å²) in [7, 11) is 0. The number of rotatable bonds is 11. The van der Waals surface area contributed by atoms with Crippen LogP contribution >= 0.6 is 0 Å². The van der Waals surface area contributed by atoms with E-state index in [1.807, 2.05) is 0 Å². The van der Waals surface area contributed by atoms with Crippen LogP contribution in [0.1, 0.15) is 124 Å². The van der Waals surface area contributed by atoms with Gasteiger partial charge in [0.2, 0.25) is 0 Å². The predicted octanol–water partition coefficient (Wildman–Crippen LogP) is 8.02. The van der Waals surface area contributed by atoms with Gasteiger partial charge in [-0.15, -0.1) is 0 Å². The van der Waals surface area contributed by atoms with Crippen molar-refractivity contribution in [2.24, 2.45) is 41.4 Å². The average molecular weight is 435 g/mol. The molecule has 0 aromatic rings. The summed E-state index contributed by atoms with van der Waals surface area (Å²) < 4.78 is 6.56. The predicted molar refractivity (Wildman–Crippen MR) is 132 cm³/mol.